The average Bonchev–Trinajstić information content (AvgIpc) is 0.690. The molecule has 18 aromatic rings. The van der Waals surface area contributed by atoms with Crippen molar-refractivity contribution in [2.45, 2.75) is 9.79 Å². The lowest BCUT2D eigenvalue weighted by atomic mass is 9.31. The van der Waals surface area contributed by atoms with E-state index in [0.29, 0.717) is 0 Å². The third-order valence-electron chi connectivity index (χ3n) is 23.2. The van der Waals surface area contributed by atoms with Gasteiger partial charge in [0, 0.05) is 89.2 Å². The number of hydrogen-bond acceptors (Lipinski definition) is 6. The molecule has 0 aromatic heterocycles. The molecule has 0 atom stereocenters. The van der Waals surface area contributed by atoms with Crippen molar-refractivity contribution in [3.63, 3.8) is 0 Å². The molecule has 0 aliphatic carbocycles. The Bertz CT molecular complexity index is 6510. The van der Waals surface area contributed by atoms with E-state index in [1.54, 1.807) is 0 Å². The van der Waals surface area contributed by atoms with Gasteiger partial charge in [0.05, 0.1) is 17.1 Å². The van der Waals surface area contributed by atoms with Gasteiger partial charge in [0.2, 0.25) is 6.71 Å². The maximum atomic E-state index is 2.65. The molecule has 0 spiro atoms. The number of benzene rings is 18. The van der Waals surface area contributed by atoms with Gasteiger partial charge >= 0.3 is 0 Å². The molecule has 8 heteroatoms. The SMILES string of the molecule is c1ccc(-c2ccccc2N(c2cc3c4c(c2)N(c2ccc(-c5c6ccccc6c(-c6ccccc6)c6ccccc56)cc2)c2ccccc2B4c2cc4c(cc2S3)N(c2ccccc2)c2cc(N(c3ccccc3)c3ccccc3)cc3c2B4c2ccccc2N3c2ccccc2)c2ccccc2-c2ccccc2)cc1. The summed E-state index contributed by atoms with van der Waals surface area (Å²) in [7, 11) is 0. The van der Waals surface area contributed by atoms with Crippen LogP contribution in [0.3, 0.4) is 0 Å². The molecule has 0 saturated heterocycles. The van der Waals surface area contributed by atoms with E-state index in [1.807, 2.05) is 11.8 Å². The molecule has 5 nitrogen and oxygen atoms in total. The van der Waals surface area contributed by atoms with Gasteiger partial charge in [0.25, 0.3) is 6.71 Å². The summed E-state index contributed by atoms with van der Waals surface area (Å²) in [4.78, 5) is 15.1. The molecular formula is C104H69B2N5S. The second kappa shape index (κ2) is 27.0. The van der Waals surface area contributed by atoms with Gasteiger partial charge in [-0.2, -0.15) is 0 Å². The zero-order valence-electron chi connectivity index (χ0n) is 61.1. The van der Waals surface area contributed by atoms with Crippen molar-refractivity contribution in [1.29, 1.82) is 0 Å². The summed E-state index contributed by atoms with van der Waals surface area (Å²) in [6.07, 6.45) is 0. The van der Waals surface area contributed by atoms with Crippen LogP contribution in [0.15, 0.2) is 428 Å². The standard InChI is InChI=1S/C104H69B2N5S/c1-8-34-70(35-9-1)81-48-26-30-56-91(81)111(92-57-31-27-49-82(92)71-36-10-2-11-37-71)80-66-98-104-100(67-80)112-99-69-95-89(68-90(99)106(104)88-55-29-33-59-94(88)109(98)78-62-60-73(61-63-78)102-85-52-24-22-50-83(85)101(72-38-12-3-13-39-72)84-51-23-25-53-86(84)102)105-87-54-28-32-58-93(87)108(76-44-18-6-19-45-76)96-64-79(65-97(103(96)105)110(95)77-46-20-7-21-47-77)107(74-40-14-4-15-41-74)75-42-16-5-17-43-75/h1-69H. The number of fused-ring (bicyclic) bond motifs is 10. The Hall–Kier alpha value is -14.0. The minimum Gasteiger partial charge on any atom is -0.311 e. The van der Waals surface area contributed by atoms with Crippen LogP contribution in [0.1, 0.15) is 0 Å². The highest BCUT2D eigenvalue weighted by atomic mass is 32.2. The maximum absolute atomic E-state index is 2.65. The van der Waals surface area contributed by atoms with Gasteiger partial charge < -0.3 is 24.5 Å². The summed E-state index contributed by atoms with van der Waals surface area (Å²) in [5.41, 5.74) is 33.6. The van der Waals surface area contributed by atoms with Crippen molar-refractivity contribution < 1.29 is 0 Å². The Morgan fingerprint density at radius 3 is 1.05 bits per heavy atom. The van der Waals surface area contributed by atoms with Crippen LogP contribution in [-0.4, -0.2) is 13.4 Å². The largest absolute Gasteiger partial charge is 0.311 e. The molecular weight excluding hydrogens is 1370 g/mol. The van der Waals surface area contributed by atoms with Crippen molar-refractivity contribution in [2.75, 3.05) is 24.5 Å². The van der Waals surface area contributed by atoms with Crippen molar-refractivity contribution in [2.24, 2.45) is 0 Å². The molecule has 0 N–H and O–H groups in total. The number of anilines is 15. The van der Waals surface area contributed by atoms with Crippen LogP contribution in [0.2, 0.25) is 0 Å². The first-order chi connectivity index (χ1) is 55.6. The lowest BCUT2D eigenvalue weighted by Gasteiger charge is -2.46. The average molecular weight is 1440 g/mol. The smallest absolute Gasteiger partial charge is 0.252 e. The molecule has 522 valence electrons. The topological polar surface area (TPSA) is 16.2 Å². The van der Waals surface area contributed by atoms with Crippen LogP contribution in [0.5, 0.6) is 0 Å². The fourth-order valence-electron chi connectivity index (χ4n) is 18.6. The highest BCUT2D eigenvalue weighted by Gasteiger charge is 2.48. The molecule has 4 aliphatic rings. The van der Waals surface area contributed by atoms with Gasteiger partial charge in [-0.25, -0.2) is 0 Å². The molecule has 112 heavy (non-hydrogen) atoms. The lowest BCUT2D eigenvalue weighted by molar-refractivity contribution is 1.22. The first-order valence-corrected chi connectivity index (χ1v) is 39.4. The Morgan fingerprint density at radius 2 is 0.571 bits per heavy atom. The Morgan fingerprint density at radius 1 is 0.214 bits per heavy atom. The van der Waals surface area contributed by atoms with Crippen LogP contribution in [0.25, 0.3) is 66.1 Å². The number of rotatable bonds is 13. The quantitative estimate of drug-likeness (QED) is 0.0839. The maximum Gasteiger partial charge on any atom is 0.252 e. The third kappa shape index (κ3) is 10.6. The van der Waals surface area contributed by atoms with Crippen LogP contribution in [0.4, 0.5) is 85.3 Å². The fourth-order valence-corrected chi connectivity index (χ4v) is 19.8. The highest BCUT2D eigenvalue weighted by Crippen LogP contribution is 2.54. The minimum absolute atomic E-state index is 0.161. The zero-order valence-corrected chi connectivity index (χ0v) is 62.0. The molecule has 18 aromatic carbocycles. The summed E-state index contributed by atoms with van der Waals surface area (Å²) in [5, 5.41) is 4.92. The zero-order chi connectivity index (χ0) is 73.7. The van der Waals surface area contributed by atoms with Crippen molar-refractivity contribution >= 4 is 165 Å². The van der Waals surface area contributed by atoms with E-state index >= 15 is 0 Å². The van der Waals surface area contributed by atoms with E-state index in [0.717, 1.165) is 113 Å². The van der Waals surface area contributed by atoms with E-state index < -0.39 is 0 Å². The first kappa shape index (κ1) is 65.1. The molecule has 4 heterocycles. The van der Waals surface area contributed by atoms with Gasteiger partial charge in [-0.1, -0.05) is 321 Å². The number of hydrogen-bond donors (Lipinski definition) is 0. The van der Waals surface area contributed by atoms with Gasteiger partial charge in [-0.15, -0.1) is 0 Å². The van der Waals surface area contributed by atoms with Crippen molar-refractivity contribution in [3.8, 4) is 44.5 Å². The molecule has 22 rings (SSSR count). The molecule has 0 amide bonds. The van der Waals surface area contributed by atoms with Gasteiger partial charge in [-0.3, -0.25) is 0 Å². The normalized spacial score (nSPS) is 12.7. The van der Waals surface area contributed by atoms with Crippen molar-refractivity contribution in [3.05, 3.63) is 419 Å². The van der Waals surface area contributed by atoms with Crippen LogP contribution < -0.4 is 57.3 Å². The molecule has 0 radical (unpaired) electrons. The Balaban J connectivity index is 0.800. The molecule has 4 aliphatic heterocycles. The van der Waals surface area contributed by atoms with E-state index in [2.05, 4.69) is 443 Å². The Labute approximate surface area is 657 Å². The Kier molecular flexibility index (Phi) is 15.7. The van der Waals surface area contributed by atoms with Crippen molar-refractivity contribution in [1.82, 2.24) is 0 Å². The molecule has 0 bridgehead atoms. The second-order valence-electron chi connectivity index (χ2n) is 29.3. The summed E-state index contributed by atoms with van der Waals surface area (Å²) in [5.74, 6) is 0. The lowest BCUT2D eigenvalue weighted by Crippen LogP contribution is -2.64. The minimum atomic E-state index is -0.173. The predicted octanol–water partition coefficient (Wildman–Crippen LogP) is 24.4. The highest BCUT2D eigenvalue weighted by molar-refractivity contribution is 8.00. The van der Waals surface area contributed by atoms with E-state index in [-0.39, 0.29) is 13.4 Å². The first-order valence-electron chi connectivity index (χ1n) is 38.6. The third-order valence-corrected chi connectivity index (χ3v) is 24.3. The molecule has 0 saturated carbocycles. The van der Waals surface area contributed by atoms with E-state index in [9.17, 15) is 0 Å². The van der Waals surface area contributed by atoms with Gasteiger partial charge in [0.15, 0.2) is 0 Å². The van der Waals surface area contributed by atoms with Crippen LogP contribution in [-0.2, 0) is 0 Å². The molecule has 0 unspecified atom stereocenters. The van der Waals surface area contributed by atoms with E-state index in [4.69, 9.17) is 0 Å². The van der Waals surface area contributed by atoms with Crippen LogP contribution >= 0.6 is 11.8 Å². The number of para-hydroxylation sites is 8. The predicted molar refractivity (Wildman–Crippen MR) is 476 cm³/mol. The van der Waals surface area contributed by atoms with Gasteiger partial charge in [0.1, 0.15) is 0 Å². The van der Waals surface area contributed by atoms with Crippen LogP contribution in [0, 0.1) is 0 Å². The fraction of sp³-hybridized carbons (Fsp3) is 0. The number of nitrogens with zero attached hydrogens (tertiary/aromatic N) is 5. The second-order valence-corrected chi connectivity index (χ2v) is 30.4. The molecule has 0 fully saturated rings. The summed E-state index contributed by atoms with van der Waals surface area (Å²) in [6.45, 7) is -0.334. The summed E-state index contributed by atoms with van der Waals surface area (Å²) in [6, 6.07) is 156. The van der Waals surface area contributed by atoms with Gasteiger partial charge in [-0.05, 0) is 198 Å². The summed E-state index contributed by atoms with van der Waals surface area (Å²) < 4.78 is 0. The summed E-state index contributed by atoms with van der Waals surface area (Å²) >= 11 is 1.91. The van der Waals surface area contributed by atoms with E-state index in [1.165, 1.54) is 80.8 Å². The monoisotopic (exact) mass is 1440 g/mol.